The number of allylic oxidation sites excluding steroid dienone is 2. The van der Waals surface area contributed by atoms with Crippen LogP contribution in [0.15, 0.2) is 42.6 Å². The first kappa shape index (κ1) is 9.53. The summed E-state index contributed by atoms with van der Waals surface area (Å²) in [5.41, 5.74) is 3.55. The number of para-hydroxylation sites is 2. The van der Waals surface area contributed by atoms with Crippen LogP contribution in [0.2, 0.25) is 0 Å². The molecule has 18 heavy (non-hydrogen) atoms. The van der Waals surface area contributed by atoms with E-state index in [2.05, 4.69) is 9.97 Å². The molecule has 0 spiro atoms. The van der Waals surface area contributed by atoms with E-state index >= 15 is 0 Å². The molecular weight excluding hydrogens is 226 g/mol. The number of rotatable bonds is 0. The number of carbonyl (C=O) groups excluding carboxylic acids is 1. The number of aromatic nitrogens is 3. The smallest absolute Gasteiger partial charge is 0.235 e. The Balaban J connectivity index is 2.23. The summed E-state index contributed by atoms with van der Waals surface area (Å²) in [5, 5.41) is 0. The van der Waals surface area contributed by atoms with Gasteiger partial charge in [0.25, 0.3) is 0 Å². The van der Waals surface area contributed by atoms with Gasteiger partial charge in [-0.2, -0.15) is 0 Å². The van der Waals surface area contributed by atoms with E-state index in [9.17, 15) is 4.79 Å². The highest BCUT2D eigenvalue weighted by Gasteiger charge is 2.18. The molecule has 2 heterocycles. The Morgan fingerprint density at radius 2 is 2.11 bits per heavy atom. The molecule has 1 aliphatic rings. The zero-order valence-electron chi connectivity index (χ0n) is 9.50. The van der Waals surface area contributed by atoms with Crippen LogP contribution in [0, 0.1) is 0 Å². The minimum absolute atomic E-state index is 0.0171. The first-order chi connectivity index (χ1) is 8.84. The highest BCUT2D eigenvalue weighted by atomic mass is 16.1. The fraction of sp³-hybridized carbons (Fsp3) is 0.0714. The fourth-order valence-electron chi connectivity index (χ4n) is 2.46. The lowest BCUT2D eigenvalue weighted by atomic mass is 10.0. The molecule has 3 aromatic rings. The summed E-state index contributed by atoms with van der Waals surface area (Å²) in [6.07, 6.45) is 5.86. The molecule has 0 N–H and O–H groups in total. The second-order valence-electron chi connectivity index (χ2n) is 4.33. The highest BCUT2D eigenvalue weighted by molar-refractivity contribution is 6.06. The van der Waals surface area contributed by atoms with Crippen LogP contribution >= 0.6 is 0 Å². The normalized spacial score (nSPS) is 14.3. The van der Waals surface area contributed by atoms with Crippen molar-refractivity contribution in [1.82, 2.24) is 14.4 Å². The number of fused-ring (bicyclic) bond motifs is 5. The van der Waals surface area contributed by atoms with Gasteiger partial charge in [0.1, 0.15) is 0 Å². The zero-order valence-corrected chi connectivity index (χ0v) is 9.50. The first-order valence-electron chi connectivity index (χ1n) is 5.80. The second-order valence-corrected chi connectivity index (χ2v) is 4.33. The summed E-state index contributed by atoms with van der Waals surface area (Å²) < 4.78 is 1.98. The van der Waals surface area contributed by atoms with E-state index in [1.165, 1.54) is 0 Å². The molecule has 0 fully saturated rings. The molecule has 0 amide bonds. The maximum Gasteiger partial charge on any atom is 0.235 e. The molecule has 1 aromatic carbocycles. The maximum absolute atomic E-state index is 11.8. The van der Waals surface area contributed by atoms with E-state index in [1.807, 2.05) is 34.7 Å². The average Bonchev–Trinajstić information content (AvgIpc) is 2.77. The summed E-state index contributed by atoms with van der Waals surface area (Å²) >= 11 is 0. The van der Waals surface area contributed by atoms with Gasteiger partial charge >= 0.3 is 0 Å². The number of ketones is 1. The molecule has 0 aliphatic heterocycles. The molecule has 86 valence electrons. The van der Waals surface area contributed by atoms with Gasteiger partial charge in [-0.25, -0.2) is 9.97 Å². The standard InChI is InChI=1S/C14H9N3O/c18-13-7-3-6-11-9(13)8-15-14-16-10-4-1-2-5-12(10)17(11)14/h1-5,7-8H,6H2. The van der Waals surface area contributed by atoms with Crippen LogP contribution in [-0.2, 0) is 6.42 Å². The van der Waals surface area contributed by atoms with Gasteiger partial charge in [-0.05, 0) is 18.2 Å². The molecule has 4 nitrogen and oxygen atoms in total. The third-order valence-electron chi connectivity index (χ3n) is 3.28. The van der Waals surface area contributed by atoms with Crippen molar-refractivity contribution in [2.75, 3.05) is 0 Å². The predicted molar refractivity (Wildman–Crippen MR) is 67.7 cm³/mol. The van der Waals surface area contributed by atoms with Gasteiger partial charge in [-0.3, -0.25) is 9.20 Å². The monoisotopic (exact) mass is 235 g/mol. The van der Waals surface area contributed by atoms with E-state index in [0.717, 1.165) is 23.1 Å². The van der Waals surface area contributed by atoms with E-state index in [-0.39, 0.29) is 5.78 Å². The molecule has 0 saturated heterocycles. The molecule has 0 radical (unpaired) electrons. The summed E-state index contributed by atoms with van der Waals surface area (Å²) in [4.78, 5) is 20.6. The van der Waals surface area contributed by atoms with Gasteiger partial charge in [0.15, 0.2) is 5.78 Å². The van der Waals surface area contributed by atoms with E-state index in [4.69, 9.17) is 0 Å². The van der Waals surface area contributed by atoms with Crippen LogP contribution in [0.4, 0.5) is 0 Å². The zero-order chi connectivity index (χ0) is 12.1. The molecule has 2 aromatic heterocycles. The van der Waals surface area contributed by atoms with Crippen molar-refractivity contribution < 1.29 is 4.79 Å². The molecular formula is C14H9N3O. The Hall–Kier alpha value is -2.49. The SMILES string of the molecule is O=C1C=CCc2c1cnc1nc3ccccc3n21. The Bertz CT molecular complexity index is 830. The molecule has 1 aliphatic carbocycles. The predicted octanol–water partition coefficient (Wildman–Crippen LogP) is 2.18. The number of hydrogen-bond donors (Lipinski definition) is 0. The van der Waals surface area contributed by atoms with Crippen molar-refractivity contribution in [2.24, 2.45) is 0 Å². The van der Waals surface area contributed by atoms with E-state index in [1.54, 1.807) is 12.3 Å². The molecule has 4 heteroatoms. The Kier molecular flexibility index (Phi) is 1.73. The Labute approximate surface area is 103 Å². The van der Waals surface area contributed by atoms with E-state index < -0.39 is 0 Å². The minimum Gasteiger partial charge on any atom is -0.289 e. The van der Waals surface area contributed by atoms with Gasteiger partial charge < -0.3 is 0 Å². The number of hydrogen-bond acceptors (Lipinski definition) is 3. The summed E-state index contributed by atoms with van der Waals surface area (Å²) in [7, 11) is 0. The lowest BCUT2D eigenvalue weighted by molar-refractivity contribution is 0.104. The van der Waals surface area contributed by atoms with Crippen molar-refractivity contribution in [3.05, 3.63) is 53.9 Å². The number of imidazole rings is 1. The Morgan fingerprint density at radius 1 is 1.22 bits per heavy atom. The van der Waals surface area contributed by atoms with Crippen LogP contribution in [-0.4, -0.2) is 20.2 Å². The van der Waals surface area contributed by atoms with Crippen LogP contribution in [0.1, 0.15) is 16.1 Å². The van der Waals surface area contributed by atoms with Crippen LogP contribution in [0.25, 0.3) is 16.8 Å². The lowest BCUT2D eigenvalue weighted by Crippen LogP contribution is -2.11. The number of carbonyl (C=O) groups is 1. The molecule has 0 bridgehead atoms. The summed E-state index contributed by atoms with van der Waals surface area (Å²) in [6, 6.07) is 7.87. The van der Waals surface area contributed by atoms with Gasteiger partial charge in [-0.15, -0.1) is 0 Å². The average molecular weight is 235 g/mol. The maximum atomic E-state index is 11.8. The second kappa shape index (κ2) is 3.26. The van der Waals surface area contributed by atoms with Crippen LogP contribution in [0.5, 0.6) is 0 Å². The summed E-state index contributed by atoms with van der Waals surface area (Å²) in [5.74, 6) is 0.668. The first-order valence-corrected chi connectivity index (χ1v) is 5.80. The van der Waals surface area contributed by atoms with E-state index in [0.29, 0.717) is 11.3 Å². The highest BCUT2D eigenvalue weighted by Crippen LogP contribution is 2.22. The molecule has 0 saturated carbocycles. The quantitative estimate of drug-likeness (QED) is 0.600. The molecule has 4 rings (SSSR count). The van der Waals surface area contributed by atoms with Crippen molar-refractivity contribution >= 4 is 22.6 Å². The number of nitrogens with zero attached hydrogens (tertiary/aromatic N) is 3. The van der Waals surface area contributed by atoms with Gasteiger partial charge in [0.2, 0.25) is 5.78 Å². The third-order valence-corrected chi connectivity index (χ3v) is 3.28. The minimum atomic E-state index is 0.0171. The van der Waals surface area contributed by atoms with Crippen molar-refractivity contribution in [3.63, 3.8) is 0 Å². The van der Waals surface area contributed by atoms with Crippen LogP contribution in [0.3, 0.4) is 0 Å². The van der Waals surface area contributed by atoms with Crippen molar-refractivity contribution in [1.29, 1.82) is 0 Å². The fourth-order valence-corrected chi connectivity index (χ4v) is 2.46. The third kappa shape index (κ3) is 1.12. The van der Waals surface area contributed by atoms with Gasteiger partial charge in [0.05, 0.1) is 16.6 Å². The topological polar surface area (TPSA) is 47.3 Å². The molecule has 0 unspecified atom stereocenters. The number of benzene rings is 1. The van der Waals surface area contributed by atoms with Gasteiger partial charge in [-0.1, -0.05) is 18.2 Å². The van der Waals surface area contributed by atoms with Crippen molar-refractivity contribution in [2.45, 2.75) is 6.42 Å². The molecule has 0 atom stereocenters. The summed E-state index contributed by atoms with van der Waals surface area (Å²) in [6.45, 7) is 0. The van der Waals surface area contributed by atoms with Gasteiger partial charge in [0, 0.05) is 18.3 Å². The largest absolute Gasteiger partial charge is 0.289 e. The lowest BCUT2D eigenvalue weighted by Gasteiger charge is -2.11. The Morgan fingerprint density at radius 3 is 3.06 bits per heavy atom. The van der Waals surface area contributed by atoms with Crippen LogP contribution < -0.4 is 0 Å². The van der Waals surface area contributed by atoms with Crippen molar-refractivity contribution in [3.8, 4) is 0 Å².